The van der Waals surface area contributed by atoms with Crippen molar-refractivity contribution >= 4 is 27.6 Å². The molecule has 0 saturated carbocycles. The number of nitrogens with zero attached hydrogens (tertiary/aromatic N) is 2. The van der Waals surface area contributed by atoms with Crippen LogP contribution in [0.5, 0.6) is 0 Å². The largest absolute Gasteiger partial charge is 0.355 e. The second-order valence-electron chi connectivity index (χ2n) is 6.14. The summed E-state index contributed by atoms with van der Waals surface area (Å²) >= 11 is 1.79. The molecule has 0 unspecified atom stereocenters. The summed E-state index contributed by atoms with van der Waals surface area (Å²) in [4.78, 5) is 7.58. The van der Waals surface area contributed by atoms with Crippen molar-refractivity contribution in [2.24, 2.45) is 4.99 Å². The number of hydrogen-bond donors (Lipinski definition) is 1. The minimum Gasteiger partial charge on any atom is -0.355 e. The highest BCUT2D eigenvalue weighted by atomic mass is 32.2. The SMILES string of the molecule is CN=C(NCCSc1ccccc1)N1CCS(=O)(=O)C(C)(C)C1. The Balaban J connectivity index is 1.84. The third-order valence-electron chi connectivity index (χ3n) is 3.95. The first kappa shape index (κ1) is 18.1. The summed E-state index contributed by atoms with van der Waals surface area (Å²) in [5.74, 6) is 1.89. The van der Waals surface area contributed by atoms with Gasteiger partial charge in [0.15, 0.2) is 15.8 Å². The molecule has 23 heavy (non-hydrogen) atoms. The van der Waals surface area contributed by atoms with Gasteiger partial charge < -0.3 is 10.2 Å². The molecule has 128 valence electrons. The Labute approximate surface area is 143 Å². The van der Waals surface area contributed by atoms with E-state index in [1.165, 1.54) is 4.90 Å². The molecule has 0 aliphatic carbocycles. The molecule has 5 nitrogen and oxygen atoms in total. The van der Waals surface area contributed by atoms with Crippen LogP contribution in [0.3, 0.4) is 0 Å². The Kier molecular flexibility index (Phi) is 5.97. The van der Waals surface area contributed by atoms with Gasteiger partial charge in [0.25, 0.3) is 0 Å². The molecule has 0 aromatic heterocycles. The quantitative estimate of drug-likeness (QED) is 0.387. The second kappa shape index (κ2) is 7.57. The zero-order valence-electron chi connectivity index (χ0n) is 13.9. The number of rotatable bonds is 4. The molecule has 2 rings (SSSR count). The van der Waals surface area contributed by atoms with Crippen molar-refractivity contribution in [1.82, 2.24) is 10.2 Å². The van der Waals surface area contributed by atoms with Crippen LogP contribution >= 0.6 is 11.8 Å². The fraction of sp³-hybridized carbons (Fsp3) is 0.562. The number of nitrogens with one attached hydrogen (secondary N) is 1. The summed E-state index contributed by atoms with van der Waals surface area (Å²) in [7, 11) is -1.29. The number of benzene rings is 1. The number of thioether (sulfide) groups is 1. The average Bonchev–Trinajstić information content (AvgIpc) is 2.51. The Morgan fingerprint density at radius 3 is 2.65 bits per heavy atom. The molecule has 0 radical (unpaired) electrons. The Morgan fingerprint density at radius 2 is 2.04 bits per heavy atom. The zero-order valence-corrected chi connectivity index (χ0v) is 15.6. The normalized spacial score (nSPS) is 20.3. The highest BCUT2D eigenvalue weighted by molar-refractivity contribution is 7.99. The molecule has 1 heterocycles. The molecular weight excluding hydrogens is 330 g/mol. The van der Waals surface area contributed by atoms with E-state index in [1.807, 2.05) is 23.1 Å². The van der Waals surface area contributed by atoms with Crippen molar-refractivity contribution in [2.45, 2.75) is 23.5 Å². The predicted molar refractivity (Wildman–Crippen MR) is 98.0 cm³/mol. The van der Waals surface area contributed by atoms with E-state index < -0.39 is 14.6 Å². The smallest absolute Gasteiger partial charge is 0.193 e. The van der Waals surface area contributed by atoms with Crippen LogP contribution in [0.1, 0.15) is 13.8 Å². The van der Waals surface area contributed by atoms with Crippen molar-refractivity contribution in [1.29, 1.82) is 0 Å². The van der Waals surface area contributed by atoms with E-state index in [-0.39, 0.29) is 5.75 Å². The van der Waals surface area contributed by atoms with Gasteiger partial charge in [-0.15, -0.1) is 11.8 Å². The monoisotopic (exact) mass is 355 g/mol. The third-order valence-corrected chi connectivity index (χ3v) is 7.50. The number of guanidine groups is 1. The van der Waals surface area contributed by atoms with E-state index in [0.29, 0.717) is 13.1 Å². The average molecular weight is 356 g/mol. The number of sulfone groups is 1. The molecule has 1 aromatic rings. The highest BCUT2D eigenvalue weighted by Crippen LogP contribution is 2.23. The fourth-order valence-electron chi connectivity index (χ4n) is 2.51. The zero-order chi connectivity index (χ0) is 16.9. The van der Waals surface area contributed by atoms with Crippen LogP contribution in [0, 0.1) is 0 Å². The van der Waals surface area contributed by atoms with Gasteiger partial charge in [0, 0.05) is 37.3 Å². The minimum atomic E-state index is -3.03. The van der Waals surface area contributed by atoms with Crippen LogP contribution in [0.25, 0.3) is 0 Å². The van der Waals surface area contributed by atoms with Crippen LogP contribution in [0.2, 0.25) is 0 Å². The van der Waals surface area contributed by atoms with E-state index in [1.54, 1.807) is 32.7 Å². The van der Waals surface area contributed by atoms with E-state index in [0.717, 1.165) is 18.3 Å². The molecular formula is C16H25N3O2S2. The summed E-state index contributed by atoms with van der Waals surface area (Å²) in [5, 5.41) is 3.33. The molecule has 0 amide bonds. The van der Waals surface area contributed by atoms with Gasteiger partial charge in [-0.1, -0.05) is 18.2 Å². The van der Waals surface area contributed by atoms with Gasteiger partial charge in [0.1, 0.15) is 0 Å². The molecule has 1 aromatic carbocycles. The molecule has 1 aliphatic rings. The predicted octanol–water partition coefficient (Wildman–Crippen LogP) is 1.86. The maximum Gasteiger partial charge on any atom is 0.193 e. The first-order valence-electron chi connectivity index (χ1n) is 7.71. The molecule has 0 atom stereocenters. The van der Waals surface area contributed by atoms with Crippen molar-refractivity contribution < 1.29 is 8.42 Å². The van der Waals surface area contributed by atoms with E-state index >= 15 is 0 Å². The van der Waals surface area contributed by atoms with Gasteiger partial charge in [-0.3, -0.25) is 4.99 Å². The van der Waals surface area contributed by atoms with Gasteiger partial charge in [-0.25, -0.2) is 8.42 Å². The molecule has 1 fully saturated rings. The third kappa shape index (κ3) is 4.64. The van der Waals surface area contributed by atoms with Crippen LogP contribution in [0.15, 0.2) is 40.2 Å². The molecule has 0 bridgehead atoms. The highest BCUT2D eigenvalue weighted by Gasteiger charge is 2.40. The standard InChI is InChI=1S/C16H25N3O2S2/c1-16(2)13-19(10-12-23(16,20)21)15(17-3)18-9-11-22-14-7-5-4-6-8-14/h4-8H,9-13H2,1-3H3,(H,17,18). The van der Waals surface area contributed by atoms with E-state index in [2.05, 4.69) is 22.4 Å². The first-order chi connectivity index (χ1) is 10.9. The summed E-state index contributed by atoms with van der Waals surface area (Å²) < 4.78 is 23.4. The van der Waals surface area contributed by atoms with Crippen molar-refractivity contribution in [2.75, 3.05) is 38.2 Å². The van der Waals surface area contributed by atoms with Crippen LogP contribution in [-0.2, 0) is 9.84 Å². The molecule has 0 spiro atoms. The lowest BCUT2D eigenvalue weighted by Crippen LogP contribution is -2.57. The Bertz CT molecular complexity index is 643. The lowest BCUT2D eigenvalue weighted by atomic mass is 10.2. The second-order valence-corrected chi connectivity index (χ2v) is 10.0. The van der Waals surface area contributed by atoms with E-state index in [4.69, 9.17) is 0 Å². The summed E-state index contributed by atoms with van der Waals surface area (Å²) in [6.07, 6.45) is 0. The van der Waals surface area contributed by atoms with Gasteiger partial charge in [-0.2, -0.15) is 0 Å². The van der Waals surface area contributed by atoms with Gasteiger partial charge in [0.05, 0.1) is 10.5 Å². The van der Waals surface area contributed by atoms with E-state index in [9.17, 15) is 8.42 Å². The first-order valence-corrected chi connectivity index (χ1v) is 10.4. The fourth-order valence-corrected chi connectivity index (χ4v) is 4.66. The maximum atomic E-state index is 12.1. The van der Waals surface area contributed by atoms with Gasteiger partial charge >= 0.3 is 0 Å². The number of hydrogen-bond acceptors (Lipinski definition) is 4. The maximum absolute atomic E-state index is 12.1. The van der Waals surface area contributed by atoms with Gasteiger partial charge in [0.2, 0.25) is 0 Å². The molecule has 1 N–H and O–H groups in total. The summed E-state index contributed by atoms with van der Waals surface area (Å²) in [6.45, 7) is 5.33. The Hall–Kier alpha value is -1.21. The van der Waals surface area contributed by atoms with Crippen LogP contribution < -0.4 is 5.32 Å². The minimum absolute atomic E-state index is 0.180. The Morgan fingerprint density at radius 1 is 1.35 bits per heavy atom. The number of aliphatic imine (C=N–C) groups is 1. The lowest BCUT2D eigenvalue weighted by molar-refractivity contribution is 0.354. The molecule has 1 aliphatic heterocycles. The topological polar surface area (TPSA) is 61.8 Å². The van der Waals surface area contributed by atoms with Crippen molar-refractivity contribution in [3.05, 3.63) is 30.3 Å². The van der Waals surface area contributed by atoms with Crippen LogP contribution in [0.4, 0.5) is 0 Å². The summed E-state index contributed by atoms with van der Waals surface area (Å²) in [5.41, 5.74) is 0. The van der Waals surface area contributed by atoms with Gasteiger partial charge in [-0.05, 0) is 26.0 Å². The molecule has 1 saturated heterocycles. The summed E-state index contributed by atoms with van der Waals surface area (Å²) in [6, 6.07) is 10.3. The lowest BCUT2D eigenvalue weighted by Gasteiger charge is -2.39. The van der Waals surface area contributed by atoms with Crippen molar-refractivity contribution in [3.8, 4) is 0 Å². The molecule has 7 heteroatoms. The van der Waals surface area contributed by atoms with Crippen molar-refractivity contribution in [3.63, 3.8) is 0 Å². The van der Waals surface area contributed by atoms with Crippen LogP contribution in [-0.4, -0.2) is 62.2 Å².